The first kappa shape index (κ1) is 15.9. The first-order chi connectivity index (χ1) is 10.1. The van der Waals surface area contributed by atoms with Crippen LogP contribution in [0.1, 0.15) is 18.1 Å². The average molecular weight is 350 g/mol. The molecule has 0 spiro atoms. The summed E-state index contributed by atoms with van der Waals surface area (Å²) in [6.07, 6.45) is 0.942. The molecule has 0 aliphatic carbocycles. The van der Waals surface area contributed by atoms with Crippen molar-refractivity contribution < 1.29 is 9.84 Å². The highest BCUT2D eigenvalue weighted by atomic mass is 79.9. The summed E-state index contributed by atoms with van der Waals surface area (Å²) < 4.78 is 6.27. The van der Waals surface area contributed by atoms with Crippen molar-refractivity contribution in [3.05, 3.63) is 58.1 Å². The van der Waals surface area contributed by atoms with E-state index in [1.165, 1.54) is 5.56 Å². The number of ether oxygens (including phenoxy) is 1. The van der Waals surface area contributed by atoms with Gasteiger partial charge in [0.25, 0.3) is 0 Å². The van der Waals surface area contributed by atoms with Crippen LogP contribution in [-0.2, 0) is 13.0 Å². The lowest BCUT2D eigenvalue weighted by Gasteiger charge is -2.15. The molecule has 0 bridgehead atoms. The predicted octanol–water partition coefficient (Wildman–Crippen LogP) is 3.88. The highest BCUT2D eigenvalue weighted by Crippen LogP contribution is 2.22. The highest BCUT2D eigenvalue weighted by Gasteiger charge is 2.07. The van der Waals surface area contributed by atoms with Crippen molar-refractivity contribution in [2.75, 3.05) is 7.11 Å². The van der Waals surface area contributed by atoms with Gasteiger partial charge in [0.2, 0.25) is 0 Å². The molecule has 0 aliphatic heterocycles. The first-order valence-corrected chi connectivity index (χ1v) is 7.71. The van der Waals surface area contributed by atoms with Gasteiger partial charge in [0.05, 0.1) is 7.11 Å². The van der Waals surface area contributed by atoms with E-state index in [2.05, 4.69) is 52.4 Å². The van der Waals surface area contributed by atoms with Crippen molar-refractivity contribution in [2.45, 2.75) is 25.9 Å². The third-order valence-electron chi connectivity index (χ3n) is 3.38. The van der Waals surface area contributed by atoms with Crippen LogP contribution >= 0.6 is 15.9 Å². The molecule has 2 aromatic carbocycles. The Morgan fingerprint density at radius 3 is 2.57 bits per heavy atom. The molecule has 0 heterocycles. The summed E-state index contributed by atoms with van der Waals surface area (Å²) >= 11 is 3.44. The van der Waals surface area contributed by atoms with Gasteiger partial charge in [0.1, 0.15) is 11.5 Å². The van der Waals surface area contributed by atoms with Crippen LogP contribution in [-0.4, -0.2) is 18.3 Å². The molecular formula is C17H20BrNO2. The molecule has 21 heavy (non-hydrogen) atoms. The molecule has 112 valence electrons. The van der Waals surface area contributed by atoms with Crippen LogP contribution in [0.3, 0.4) is 0 Å². The molecule has 2 N–H and O–H groups in total. The number of rotatable bonds is 6. The van der Waals surface area contributed by atoms with E-state index in [9.17, 15) is 5.11 Å². The predicted molar refractivity (Wildman–Crippen MR) is 88.8 cm³/mol. The lowest BCUT2D eigenvalue weighted by molar-refractivity contribution is 0.409. The minimum absolute atomic E-state index is 0.291. The number of methoxy groups -OCH3 is 1. The van der Waals surface area contributed by atoms with Crippen LogP contribution in [0.25, 0.3) is 0 Å². The molecule has 0 radical (unpaired) electrons. The van der Waals surface area contributed by atoms with Crippen LogP contribution in [0.15, 0.2) is 46.9 Å². The third-order valence-corrected chi connectivity index (χ3v) is 3.91. The number of hydrogen-bond acceptors (Lipinski definition) is 3. The molecule has 0 saturated heterocycles. The molecule has 0 aromatic heterocycles. The quantitative estimate of drug-likeness (QED) is 0.831. The molecule has 2 rings (SSSR count). The zero-order chi connectivity index (χ0) is 15.2. The molecule has 3 nitrogen and oxygen atoms in total. The van der Waals surface area contributed by atoms with E-state index < -0.39 is 0 Å². The van der Waals surface area contributed by atoms with Crippen molar-refractivity contribution in [2.24, 2.45) is 0 Å². The second-order valence-electron chi connectivity index (χ2n) is 5.11. The van der Waals surface area contributed by atoms with E-state index in [0.29, 0.717) is 18.3 Å². The fraction of sp³-hybridized carbons (Fsp3) is 0.294. The highest BCUT2D eigenvalue weighted by molar-refractivity contribution is 9.10. The Morgan fingerprint density at radius 1 is 1.19 bits per heavy atom. The maximum absolute atomic E-state index is 9.86. The van der Waals surface area contributed by atoms with Gasteiger partial charge >= 0.3 is 0 Å². The second kappa shape index (κ2) is 7.48. The molecule has 1 unspecified atom stereocenters. The van der Waals surface area contributed by atoms with Gasteiger partial charge < -0.3 is 15.2 Å². The van der Waals surface area contributed by atoms with E-state index in [1.54, 1.807) is 19.2 Å². The standard InChI is InChI=1S/C17H20BrNO2/c1-12(9-13-3-5-15(18)6-4-13)19-11-14-10-16(21-2)7-8-17(14)20/h3-8,10,12,19-20H,9,11H2,1-2H3. The molecule has 4 heteroatoms. The van der Waals surface area contributed by atoms with Gasteiger partial charge in [-0.15, -0.1) is 0 Å². The number of nitrogens with one attached hydrogen (secondary N) is 1. The van der Waals surface area contributed by atoms with Crippen LogP contribution in [0, 0.1) is 0 Å². The van der Waals surface area contributed by atoms with E-state index in [4.69, 9.17) is 4.74 Å². The zero-order valence-corrected chi connectivity index (χ0v) is 13.9. The summed E-state index contributed by atoms with van der Waals surface area (Å²) in [7, 11) is 1.62. The van der Waals surface area contributed by atoms with Crippen molar-refractivity contribution in [1.82, 2.24) is 5.32 Å². The number of benzene rings is 2. The molecule has 1 atom stereocenters. The molecular weight excluding hydrogens is 330 g/mol. The number of halogens is 1. The van der Waals surface area contributed by atoms with Gasteiger partial charge in [-0.25, -0.2) is 0 Å². The zero-order valence-electron chi connectivity index (χ0n) is 12.3. The largest absolute Gasteiger partial charge is 0.508 e. The molecule has 2 aromatic rings. The summed E-state index contributed by atoms with van der Waals surface area (Å²) in [6.45, 7) is 2.75. The van der Waals surface area contributed by atoms with E-state index >= 15 is 0 Å². The normalized spacial score (nSPS) is 12.1. The fourth-order valence-electron chi connectivity index (χ4n) is 2.16. The SMILES string of the molecule is COc1ccc(O)c(CNC(C)Cc2ccc(Br)cc2)c1. The maximum Gasteiger partial charge on any atom is 0.120 e. The van der Waals surface area contributed by atoms with Crippen LogP contribution < -0.4 is 10.1 Å². The Balaban J connectivity index is 1.91. The lowest BCUT2D eigenvalue weighted by Crippen LogP contribution is -2.27. The summed E-state index contributed by atoms with van der Waals surface area (Å²) in [5, 5.41) is 13.3. The van der Waals surface area contributed by atoms with E-state index in [-0.39, 0.29) is 0 Å². The smallest absolute Gasteiger partial charge is 0.120 e. The van der Waals surface area contributed by atoms with Crippen molar-refractivity contribution >= 4 is 15.9 Å². The summed E-state index contributed by atoms with van der Waals surface area (Å²) in [4.78, 5) is 0. The Kier molecular flexibility index (Phi) is 5.65. The Labute approximate surface area is 134 Å². The minimum atomic E-state index is 0.291. The number of phenolic OH excluding ortho intramolecular Hbond substituents is 1. The lowest BCUT2D eigenvalue weighted by atomic mass is 10.1. The van der Waals surface area contributed by atoms with E-state index in [0.717, 1.165) is 22.2 Å². The molecule has 0 amide bonds. The second-order valence-corrected chi connectivity index (χ2v) is 6.02. The van der Waals surface area contributed by atoms with Crippen LogP contribution in [0.4, 0.5) is 0 Å². The van der Waals surface area contributed by atoms with E-state index in [1.807, 2.05) is 6.07 Å². The Hall–Kier alpha value is -1.52. The van der Waals surface area contributed by atoms with Gasteiger partial charge in [-0.1, -0.05) is 28.1 Å². The Morgan fingerprint density at radius 2 is 1.90 bits per heavy atom. The average Bonchev–Trinajstić information content (AvgIpc) is 2.49. The van der Waals surface area contributed by atoms with Crippen LogP contribution in [0.2, 0.25) is 0 Å². The van der Waals surface area contributed by atoms with Gasteiger partial charge in [-0.05, 0) is 49.2 Å². The summed E-state index contributed by atoms with van der Waals surface area (Å²) in [5.74, 6) is 1.05. The van der Waals surface area contributed by atoms with Crippen molar-refractivity contribution in [3.8, 4) is 11.5 Å². The summed E-state index contributed by atoms with van der Waals surface area (Å²) in [6, 6.07) is 13.9. The Bertz CT molecular complexity index is 584. The fourth-order valence-corrected chi connectivity index (χ4v) is 2.43. The molecule has 0 saturated carbocycles. The van der Waals surface area contributed by atoms with Crippen LogP contribution in [0.5, 0.6) is 11.5 Å². The topological polar surface area (TPSA) is 41.5 Å². The van der Waals surface area contributed by atoms with Crippen molar-refractivity contribution in [3.63, 3.8) is 0 Å². The van der Waals surface area contributed by atoms with Gasteiger partial charge in [-0.3, -0.25) is 0 Å². The van der Waals surface area contributed by atoms with Crippen molar-refractivity contribution in [1.29, 1.82) is 0 Å². The third kappa shape index (κ3) is 4.76. The monoisotopic (exact) mass is 349 g/mol. The number of phenols is 1. The maximum atomic E-state index is 9.86. The molecule has 0 fully saturated rings. The van der Waals surface area contributed by atoms with Gasteiger partial charge in [0, 0.05) is 22.6 Å². The number of aromatic hydroxyl groups is 1. The number of hydrogen-bond donors (Lipinski definition) is 2. The first-order valence-electron chi connectivity index (χ1n) is 6.92. The summed E-state index contributed by atoms with van der Waals surface area (Å²) in [5.41, 5.74) is 2.13. The van der Waals surface area contributed by atoms with Gasteiger partial charge in [-0.2, -0.15) is 0 Å². The minimum Gasteiger partial charge on any atom is -0.508 e. The van der Waals surface area contributed by atoms with Gasteiger partial charge in [0.15, 0.2) is 0 Å². The molecule has 0 aliphatic rings.